The molecule has 0 rings (SSSR count). The summed E-state index contributed by atoms with van der Waals surface area (Å²) >= 11 is 0. The van der Waals surface area contributed by atoms with Gasteiger partial charge in [-0.15, -0.1) is 0 Å². The molecule has 12 heavy (non-hydrogen) atoms. The number of hydrogen-bond acceptors (Lipinski definition) is 3. The average Bonchev–Trinajstić information content (AvgIpc) is 2.06. The molecular formula is C9H15NO2. The second kappa shape index (κ2) is 5.59. The number of carbonyl (C=O) groups excluding carboxylic acids is 1. The van der Waals surface area contributed by atoms with E-state index in [4.69, 9.17) is 5.26 Å². The van der Waals surface area contributed by atoms with Crippen molar-refractivity contribution in [1.29, 1.82) is 5.26 Å². The average molecular weight is 169 g/mol. The minimum atomic E-state index is -0.602. The van der Waals surface area contributed by atoms with E-state index < -0.39 is 11.9 Å². The Morgan fingerprint density at radius 1 is 1.67 bits per heavy atom. The Balaban J connectivity index is 4.16. The standard InChI is InChI=1S/C9H15NO2/c1-4-5-7(2)8(6-10)9(11)12-3/h7-8H,4-5H2,1-3H3. The lowest BCUT2D eigenvalue weighted by atomic mass is 9.91. The van der Waals surface area contributed by atoms with Crippen LogP contribution in [0.2, 0.25) is 0 Å². The smallest absolute Gasteiger partial charge is 0.323 e. The van der Waals surface area contributed by atoms with Crippen LogP contribution >= 0.6 is 0 Å². The van der Waals surface area contributed by atoms with E-state index in [2.05, 4.69) is 4.74 Å². The molecule has 0 aromatic carbocycles. The van der Waals surface area contributed by atoms with Crippen LogP contribution in [0.4, 0.5) is 0 Å². The largest absolute Gasteiger partial charge is 0.468 e. The van der Waals surface area contributed by atoms with Crippen molar-refractivity contribution in [3.05, 3.63) is 0 Å². The first-order valence-corrected chi connectivity index (χ1v) is 4.14. The highest BCUT2D eigenvalue weighted by Gasteiger charge is 2.24. The highest BCUT2D eigenvalue weighted by atomic mass is 16.5. The molecule has 0 heterocycles. The van der Waals surface area contributed by atoms with Crippen molar-refractivity contribution in [1.82, 2.24) is 0 Å². The number of esters is 1. The minimum absolute atomic E-state index is 0.0902. The van der Waals surface area contributed by atoms with Gasteiger partial charge in [-0.1, -0.05) is 20.3 Å². The Labute approximate surface area is 73.3 Å². The van der Waals surface area contributed by atoms with Gasteiger partial charge in [-0.2, -0.15) is 5.26 Å². The quantitative estimate of drug-likeness (QED) is 0.602. The molecule has 0 fully saturated rings. The molecule has 0 saturated heterocycles. The normalized spacial score (nSPS) is 14.5. The fourth-order valence-electron chi connectivity index (χ4n) is 1.16. The zero-order chi connectivity index (χ0) is 9.56. The number of carbonyl (C=O) groups is 1. The second-order valence-corrected chi connectivity index (χ2v) is 2.90. The molecule has 0 aromatic rings. The molecule has 0 spiro atoms. The molecular weight excluding hydrogens is 154 g/mol. The molecule has 0 aromatic heterocycles. The molecule has 0 aliphatic rings. The van der Waals surface area contributed by atoms with Gasteiger partial charge in [-0.05, 0) is 12.3 Å². The van der Waals surface area contributed by atoms with Crippen LogP contribution in [0.1, 0.15) is 26.7 Å². The van der Waals surface area contributed by atoms with Crippen molar-refractivity contribution in [3.8, 4) is 6.07 Å². The van der Waals surface area contributed by atoms with Gasteiger partial charge in [0.1, 0.15) is 5.92 Å². The monoisotopic (exact) mass is 169 g/mol. The summed E-state index contributed by atoms with van der Waals surface area (Å²) in [7, 11) is 1.31. The van der Waals surface area contributed by atoms with Gasteiger partial charge in [-0.3, -0.25) is 4.79 Å². The minimum Gasteiger partial charge on any atom is -0.468 e. The van der Waals surface area contributed by atoms with E-state index in [1.807, 2.05) is 19.9 Å². The van der Waals surface area contributed by atoms with E-state index in [9.17, 15) is 4.79 Å². The molecule has 2 atom stereocenters. The molecule has 0 aliphatic carbocycles. The van der Waals surface area contributed by atoms with E-state index in [-0.39, 0.29) is 5.92 Å². The van der Waals surface area contributed by atoms with Gasteiger partial charge in [0.2, 0.25) is 0 Å². The lowest BCUT2D eigenvalue weighted by molar-refractivity contribution is -0.144. The first-order chi connectivity index (χ1) is 5.67. The zero-order valence-corrected chi connectivity index (χ0v) is 7.83. The number of nitrogens with zero attached hydrogens (tertiary/aromatic N) is 1. The molecule has 0 saturated carbocycles. The van der Waals surface area contributed by atoms with Crippen molar-refractivity contribution in [2.75, 3.05) is 7.11 Å². The van der Waals surface area contributed by atoms with Gasteiger partial charge in [0.15, 0.2) is 0 Å². The zero-order valence-electron chi connectivity index (χ0n) is 7.83. The lowest BCUT2D eigenvalue weighted by Gasteiger charge is -2.13. The van der Waals surface area contributed by atoms with Crippen LogP contribution in [0.5, 0.6) is 0 Å². The summed E-state index contributed by atoms with van der Waals surface area (Å²) < 4.78 is 4.51. The van der Waals surface area contributed by atoms with Gasteiger partial charge in [-0.25, -0.2) is 0 Å². The van der Waals surface area contributed by atoms with Crippen LogP contribution < -0.4 is 0 Å². The molecule has 3 nitrogen and oxygen atoms in total. The third-order valence-electron chi connectivity index (χ3n) is 1.91. The lowest BCUT2D eigenvalue weighted by Crippen LogP contribution is -2.21. The molecule has 0 radical (unpaired) electrons. The van der Waals surface area contributed by atoms with Crippen LogP contribution in [0, 0.1) is 23.2 Å². The summed E-state index contributed by atoms with van der Waals surface area (Å²) in [6.45, 7) is 3.93. The van der Waals surface area contributed by atoms with Gasteiger partial charge in [0.05, 0.1) is 13.2 Å². The fraction of sp³-hybridized carbons (Fsp3) is 0.778. The van der Waals surface area contributed by atoms with Gasteiger partial charge < -0.3 is 4.74 Å². The summed E-state index contributed by atoms with van der Waals surface area (Å²) in [5, 5.41) is 8.67. The summed E-state index contributed by atoms with van der Waals surface area (Å²) in [6, 6.07) is 1.96. The van der Waals surface area contributed by atoms with E-state index >= 15 is 0 Å². The van der Waals surface area contributed by atoms with Gasteiger partial charge >= 0.3 is 5.97 Å². The molecule has 3 heteroatoms. The molecule has 68 valence electrons. The molecule has 0 amide bonds. The number of methoxy groups -OCH3 is 1. The van der Waals surface area contributed by atoms with E-state index in [1.54, 1.807) is 0 Å². The van der Waals surface area contributed by atoms with Crippen molar-refractivity contribution in [2.24, 2.45) is 11.8 Å². The maximum atomic E-state index is 11.0. The summed E-state index contributed by atoms with van der Waals surface area (Å²) in [4.78, 5) is 11.0. The number of nitriles is 1. The SMILES string of the molecule is CCCC(C)C(C#N)C(=O)OC. The molecule has 0 bridgehead atoms. The fourth-order valence-corrected chi connectivity index (χ4v) is 1.16. The Morgan fingerprint density at radius 2 is 2.25 bits per heavy atom. The van der Waals surface area contributed by atoms with E-state index in [1.165, 1.54) is 7.11 Å². The third kappa shape index (κ3) is 2.91. The van der Waals surface area contributed by atoms with Crippen molar-refractivity contribution < 1.29 is 9.53 Å². The molecule has 2 unspecified atom stereocenters. The summed E-state index contributed by atoms with van der Waals surface area (Å²) in [5.41, 5.74) is 0. The number of ether oxygens (including phenoxy) is 1. The Morgan fingerprint density at radius 3 is 2.58 bits per heavy atom. The Hall–Kier alpha value is -1.04. The maximum absolute atomic E-state index is 11.0. The first-order valence-electron chi connectivity index (χ1n) is 4.14. The van der Waals surface area contributed by atoms with Gasteiger partial charge in [0.25, 0.3) is 0 Å². The van der Waals surface area contributed by atoms with E-state index in [0.717, 1.165) is 12.8 Å². The Kier molecular flexibility index (Phi) is 5.11. The molecule has 0 N–H and O–H groups in total. The Bertz CT molecular complexity index is 183. The predicted octanol–water partition coefficient (Wildman–Crippen LogP) is 1.74. The highest BCUT2D eigenvalue weighted by molar-refractivity contribution is 5.75. The molecule has 0 aliphatic heterocycles. The predicted molar refractivity (Wildman–Crippen MR) is 45.2 cm³/mol. The van der Waals surface area contributed by atoms with Crippen LogP contribution in [0.25, 0.3) is 0 Å². The highest BCUT2D eigenvalue weighted by Crippen LogP contribution is 2.17. The van der Waals surface area contributed by atoms with Crippen LogP contribution in [-0.2, 0) is 9.53 Å². The second-order valence-electron chi connectivity index (χ2n) is 2.90. The number of rotatable bonds is 4. The maximum Gasteiger partial charge on any atom is 0.323 e. The van der Waals surface area contributed by atoms with Crippen molar-refractivity contribution in [3.63, 3.8) is 0 Å². The van der Waals surface area contributed by atoms with E-state index in [0.29, 0.717) is 0 Å². The van der Waals surface area contributed by atoms with Crippen molar-refractivity contribution in [2.45, 2.75) is 26.7 Å². The van der Waals surface area contributed by atoms with Crippen molar-refractivity contribution >= 4 is 5.97 Å². The van der Waals surface area contributed by atoms with Gasteiger partial charge in [0, 0.05) is 0 Å². The van der Waals surface area contributed by atoms with Crippen LogP contribution in [0.15, 0.2) is 0 Å². The summed E-state index contributed by atoms with van der Waals surface area (Å²) in [5.74, 6) is -0.930. The summed E-state index contributed by atoms with van der Waals surface area (Å²) in [6.07, 6.45) is 1.86. The first kappa shape index (κ1) is 11.0. The third-order valence-corrected chi connectivity index (χ3v) is 1.91. The van der Waals surface area contributed by atoms with Crippen LogP contribution in [-0.4, -0.2) is 13.1 Å². The number of hydrogen-bond donors (Lipinski definition) is 0. The topological polar surface area (TPSA) is 50.1 Å². The van der Waals surface area contributed by atoms with Crippen LogP contribution in [0.3, 0.4) is 0 Å².